The monoisotopic (exact) mass is 463 g/mol. The summed E-state index contributed by atoms with van der Waals surface area (Å²) < 4.78 is 40.4. The number of nitrogens with zero attached hydrogens (tertiary/aromatic N) is 1. The van der Waals surface area contributed by atoms with E-state index in [-0.39, 0.29) is 30.8 Å². The predicted molar refractivity (Wildman–Crippen MR) is 125 cm³/mol. The Balaban J connectivity index is 2.12. The molecule has 0 spiro atoms. The van der Waals surface area contributed by atoms with Crippen molar-refractivity contribution < 1.29 is 22.8 Å². The first kappa shape index (κ1) is 26.4. The van der Waals surface area contributed by atoms with Crippen LogP contribution in [0, 0.1) is 17.5 Å². The number of rotatable bonds is 10. The molecule has 2 N–H and O–H groups in total. The first-order valence-electron chi connectivity index (χ1n) is 11.1. The molecule has 0 radical (unpaired) electrons. The summed E-state index contributed by atoms with van der Waals surface area (Å²) in [6, 6.07) is 7.65. The van der Waals surface area contributed by atoms with Gasteiger partial charge in [0.05, 0.1) is 18.8 Å². The van der Waals surface area contributed by atoms with E-state index in [1.54, 1.807) is 4.90 Å². The molecule has 0 heterocycles. The maximum Gasteiger partial charge on any atom is 0.238 e. The molecule has 2 aromatic carbocycles. The van der Waals surface area contributed by atoms with Crippen molar-refractivity contribution in [3.8, 4) is 0 Å². The molecule has 180 valence electrons. The molecule has 8 heteroatoms. The van der Waals surface area contributed by atoms with E-state index in [4.69, 9.17) is 0 Å². The van der Waals surface area contributed by atoms with Gasteiger partial charge in [-0.2, -0.15) is 0 Å². The van der Waals surface area contributed by atoms with Crippen molar-refractivity contribution in [2.24, 2.45) is 0 Å². The van der Waals surface area contributed by atoms with Crippen LogP contribution >= 0.6 is 0 Å². The molecule has 0 aliphatic rings. The standard InChI is InChI=1S/C25H32F3N3O2/c1-6-12-31(13-21(32)29-20-11-10-19(26)23(27)24(20)28)14-22(33)30-25-17(15(2)3)8-7-9-18(25)16(4)5/h7-11,15-16H,6,12-14H2,1-5H3,(H,29,32)(H,30,33). The Hall–Kier alpha value is -2.87. The van der Waals surface area contributed by atoms with Crippen LogP contribution in [0.3, 0.4) is 0 Å². The quantitative estimate of drug-likeness (QED) is 0.448. The van der Waals surface area contributed by atoms with Gasteiger partial charge in [0.15, 0.2) is 17.5 Å². The summed E-state index contributed by atoms with van der Waals surface area (Å²) in [5, 5.41) is 5.26. The second-order valence-electron chi connectivity index (χ2n) is 8.65. The van der Waals surface area contributed by atoms with Crippen molar-refractivity contribution in [3.05, 3.63) is 58.9 Å². The van der Waals surface area contributed by atoms with Crippen LogP contribution in [0.15, 0.2) is 30.3 Å². The minimum atomic E-state index is -1.65. The largest absolute Gasteiger partial charge is 0.324 e. The van der Waals surface area contributed by atoms with Gasteiger partial charge in [-0.3, -0.25) is 14.5 Å². The van der Waals surface area contributed by atoms with Gasteiger partial charge in [-0.25, -0.2) is 13.2 Å². The molecular weight excluding hydrogens is 431 g/mol. The van der Waals surface area contributed by atoms with E-state index in [1.165, 1.54) is 0 Å². The molecule has 2 amide bonds. The van der Waals surface area contributed by atoms with Gasteiger partial charge in [-0.1, -0.05) is 52.8 Å². The van der Waals surface area contributed by atoms with Gasteiger partial charge in [0.25, 0.3) is 0 Å². The van der Waals surface area contributed by atoms with E-state index < -0.39 is 29.0 Å². The predicted octanol–water partition coefficient (Wildman–Crippen LogP) is 5.64. The fraction of sp³-hybridized carbons (Fsp3) is 0.440. The Labute approximate surface area is 193 Å². The zero-order valence-electron chi connectivity index (χ0n) is 19.8. The van der Waals surface area contributed by atoms with Crippen LogP contribution < -0.4 is 10.6 Å². The summed E-state index contributed by atoms with van der Waals surface area (Å²) in [6.45, 7) is 10.3. The van der Waals surface area contributed by atoms with Crippen LogP contribution in [0.1, 0.15) is 64.0 Å². The first-order valence-corrected chi connectivity index (χ1v) is 11.1. The SMILES string of the molecule is CCCN(CC(=O)Nc1ccc(F)c(F)c1F)CC(=O)Nc1c(C(C)C)cccc1C(C)C. The Morgan fingerprint density at radius 1 is 0.848 bits per heavy atom. The third kappa shape index (κ3) is 7.05. The molecule has 33 heavy (non-hydrogen) atoms. The highest BCUT2D eigenvalue weighted by Crippen LogP contribution is 2.32. The normalized spacial score (nSPS) is 11.4. The Bertz CT molecular complexity index is 967. The topological polar surface area (TPSA) is 61.4 Å². The molecular formula is C25H32F3N3O2. The molecule has 0 aromatic heterocycles. The Kier molecular flexibility index (Phi) is 9.46. The summed E-state index contributed by atoms with van der Waals surface area (Å²) in [5.74, 6) is -4.93. The molecule has 0 aliphatic carbocycles. The fourth-order valence-corrected chi connectivity index (χ4v) is 3.62. The van der Waals surface area contributed by atoms with Gasteiger partial charge in [0, 0.05) is 5.69 Å². The van der Waals surface area contributed by atoms with Crippen molar-refractivity contribution >= 4 is 23.2 Å². The van der Waals surface area contributed by atoms with Gasteiger partial charge < -0.3 is 10.6 Å². The van der Waals surface area contributed by atoms with E-state index in [0.717, 1.165) is 28.9 Å². The van der Waals surface area contributed by atoms with E-state index in [0.29, 0.717) is 13.0 Å². The Morgan fingerprint density at radius 3 is 1.91 bits per heavy atom. The van der Waals surface area contributed by atoms with Crippen LogP contribution in [0.25, 0.3) is 0 Å². The highest BCUT2D eigenvalue weighted by Gasteiger charge is 2.20. The lowest BCUT2D eigenvalue weighted by Crippen LogP contribution is -2.39. The Morgan fingerprint density at radius 2 is 1.39 bits per heavy atom. The summed E-state index contributed by atoms with van der Waals surface area (Å²) in [6.07, 6.45) is 0.680. The number of benzene rings is 2. The highest BCUT2D eigenvalue weighted by atomic mass is 19.2. The zero-order valence-corrected chi connectivity index (χ0v) is 19.8. The summed E-state index contributed by atoms with van der Waals surface area (Å²) in [5.41, 5.74) is 2.40. The lowest BCUT2D eigenvalue weighted by Gasteiger charge is -2.23. The van der Waals surface area contributed by atoms with E-state index in [2.05, 4.69) is 38.3 Å². The number of halogens is 3. The molecule has 0 saturated heterocycles. The van der Waals surface area contributed by atoms with Gasteiger partial charge in [-0.05, 0) is 48.1 Å². The van der Waals surface area contributed by atoms with Gasteiger partial charge in [0.1, 0.15) is 0 Å². The number of hydrogen-bond donors (Lipinski definition) is 2. The number of amides is 2. The lowest BCUT2D eigenvalue weighted by molar-refractivity contribution is -0.120. The number of anilines is 2. The molecule has 5 nitrogen and oxygen atoms in total. The van der Waals surface area contributed by atoms with Crippen molar-refractivity contribution in [3.63, 3.8) is 0 Å². The van der Waals surface area contributed by atoms with E-state index in [1.807, 2.05) is 25.1 Å². The summed E-state index contributed by atoms with van der Waals surface area (Å²) in [7, 11) is 0. The summed E-state index contributed by atoms with van der Waals surface area (Å²) in [4.78, 5) is 26.9. The highest BCUT2D eigenvalue weighted by molar-refractivity contribution is 5.95. The second-order valence-corrected chi connectivity index (χ2v) is 8.65. The molecule has 0 saturated carbocycles. The maximum atomic E-state index is 13.9. The van der Waals surface area contributed by atoms with Crippen LogP contribution in [0.5, 0.6) is 0 Å². The number of hydrogen-bond acceptors (Lipinski definition) is 3. The van der Waals surface area contributed by atoms with Crippen molar-refractivity contribution in [2.75, 3.05) is 30.3 Å². The third-order valence-corrected chi connectivity index (χ3v) is 5.22. The fourth-order valence-electron chi connectivity index (χ4n) is 3.62. The van der Waals surface area contributed by atoms with Gasteiger partial charge in [-0.15, -0.1) is 0 Å². The average Bonchev–Trinajstić information content (AvgIpc) is 2.74. The van der Waals surface area contributed by atoms with E-state index >= 15 is 0 Å². The van der Waals surface area contributed by atoms with Crippen molar-refractivity contribution in [1.29, 1.82) is 0 Å². The van der Waals surface area contributed by atoms with E-state index in [9.17, 15) is 22.8 Å². The number of nitrogens with one attached hydrogen (secondary N) is 2. The van der Waals surface area contributed by atoms with Crippen LogP contribution in [0.2, 0.25) is 0 Å². The molecule has 0 aliphatic heterocycles. The summed E-state index contributed by atoms with van der Waals surface area (Å²) >= 11 is 0. The zero-order chi connectivity index (χ0) is 24.7. The third-order valence-electron chi connectivity index (χ3n) is 5.22. The van der Waals surface area contributed by atoms with Crippen LogP contribution in [-0.2, 0) is 9.59 Å². The lowest BCUT2D eigenvalue weighted by atomic mass is 9.92. The minimum absolute atomic E-state index is 0.0501. The minimum Gasteiger partial charge on any atom is -0.324 e. The molecule has 2 aromatic rings. The van der Waals surface area contributed by atoms with Crippen molar-refractivity contribution in [2.45, 2.75) is 52.9 Å². The van der Waals surface area contributed by atoms with Crippen LogP contribution in [0.4, 0.5) is 24.5 Å². The number of carbonyl (C=O) groups is 2. The molecule has 0 fully saturated rings. The van der Waals surface area contributed by atoms with Crippen molar-refractivity contribution in [1.82, 2.24) is 4.90 Å². The first-order chi connectivity index (χ1) is 15.5. The van der Waals surface area contributed by atoms with Gasteiger partial charge in [0.2, 0.25) is 11.8 Å². The second kappa shape index (κ2) is 11.8. The molecule has 2 rings (SSSR count). The molecule has 0 atom stereocenters. The van der Waals surface area contributed by atoms with Crippen LogP contribution in [-0.4, -0.2) is 36.3 Å². The molecule has 0 bridgehead atoms. The number of para-hydroxylation sites is 1. The average molecular weight is 464 g/mol. The van der Waals surface area contributed by atoms with Gasteiger partial charge >= 0.3 is 0 Å². The number of carbonyl (C=O) groups excluding carboxylic acids is 2. The maximum absolute atomic E-state index is 13.9. The smallest absolute Gasteiger partial charge is 0.238 e. The molecule has 0 unspecified atom stereocenters.